The van der Waals surface area contributed by atoms with E-state index in [1.165, 1.54) is 32.1 Å². The van der Waals surface area contributed by atoms with Crippen molar-refractivity contribution >= 4 is 0 Å². The molecule has 0 aliphatic heterocycles. The molecule has 0 spiro atoms. The fourth-order valence-corrected chi connectivity index (χ4v) is 1.70. The fraction of sp³-hybridized carbons (Fsp3) is 1.00. The van der Waals surface area contributed by atoms with Crippen molar-refractivity contribution in [2.45, 2.75) is 38.5 Å². The molecule has 1 aliphatic rings. The summed E-state index contributed by atoms with van der Waals surface area (Å²) in [5.74, 6) is 0.820. The Morgan fingerprint density at radius 1 is 1.20 bits per heavy atom. The van der Waals surface area contributed by atoms with Gasteiger partial charge in [0.15, 0.2) is 0 Å². The molecule has 2 nitrogen and oxygen atoms in total. The highest BCUT2D eigenvalue weighted by molar-refractivity contribution is 4.64. The lowest BCUT2D eigenvalue weighted by Crippen LogP contribution is -2.08. The molecule has 0 aromatic heterocycles. The van der Waals surface area contributed by atoms with Crippen LogP contribution in [-0.2, 0) is 4.89 Å². The molecule has 0 heterocycles. The molecular weight excluding hydrogens is 128 g/mol. The summed E-state index contributed by atoms with van der Waals surface area (Å²) in [4.78, 5) is 4.04. The minimum absolute atomic E-state index is 0.519. The van der Waals surface area contributed by atoms with Crippen molar-refractivity contribution in [3.8, 4) is 0 Å². The maximum atomic E-state index is 8.10. The van der Waals surface area contributed by atoms with Crippen LogP contribution >= 0.6 is 0 Å². The summed E-state index contributed by atoms with van der Waals surface area (Å²) in [7, 11) is 0. The van der Waals surface area contributed by atoms with Crippen molar-refractivity contribution < 1.29 is 10.1 Å². The second kappa shape index (κ2) is 4.69. The van der Waals surface area contributed by atoms with E-state index < -0.39 is 0 Å². The summed E-state index contributed by atoms with van der Waals surface area (Å²) in [5.41, 5.74) is 0. The molecule has 1 saturated carbocycles. The van der Waals surface area contributed by atoms with Crippen molar-refractivity contribution in [1.29, 1.82) is 0 Å². The van der Waals surface area contributed by atoms with Crippen LogP contribution in [0.5, 0.6) is 0 Å². The van der Waals surface area contributed by atoms with Gasteiger partial charge in [-0.1, -0.05) is 32.1 Å². The molecule has 0 radical (unpaired) electrons. The van der Waals surface area contributed by atoms with Gasteiger partial charge < -0.3 is 0 Å². The number of hydrogen-bond donors (Lipinski definition) is 1. The predicted molar refractivity (Wildman–Crippen MR) is 39.8 cm³/mol. The second-order valence-corrected chi connectivity index (χ2v) is 3.13. The van der Waals surface area contributed by atoms with Gasteiger partial charge in [0.25, 0.3) is 0 Å². The van der Waals surface area contributed by atoms with Gasteiger partial charge in [-0.05, 0) is 12.3 Å². The first-order valence-electron chi connectivity index (χ1n) is 4.20. The van der Waals surface area contributed by atoms with Gasteiger partial charge in [0, 0.05) is 0 Å². The highest BCUT2D eigenvalue weighted by atomic mass is 17.1. The molecule has 1 fully saturated rings. The zero-order valence-electron chi connectivity index (χ0n) is 6.38. The summed E-state index contributed by atoms with van der Waals surface area (Å²) in [6.45, 7) is 0.519. The number of hydrogen-bond acceptors (Lipinski definition) is 2. The molecule has 0 atom stereocenters. The maximum Gasteiger partial charge on any atom is 0.0822 e. The zero-order valence-corrected chi connectivity index (χ0v) is 6.38. The third-order valence-corrected chi connectivity index (χ3v) is 2.34. The van der Waals surface area contributed by atoms with E-state index in [2.05, 4.69) is 4.89 Å². The smallest absolute Gasteiger partial charge is 0.0822 e. The Kier molecular flexibility index (Phi) is 3.76. The van der Waals surface area contributed by atoms with E-state index in [9.17, 15) is 0 Å². The Morgan fingerprint density at radius 2 is 1.90 bits per heavy atom. The van der Waals surface area contributed by atoms with Crippen LogP contribution in [0.3, 0.4) is 0 Å². The Hall–Kier alpha value is -0.0800. The van der Waals surface area contributed by atoms with Crippen molar-refractivity contribution in [3.05, 3.63) is 0 Å². The lowest BCUT2D eigenvalue weighted by atomic mass is 9.87. The Balaban J connectivity index is 2.02. The minimum Gasteiger partial charge on any atom is -0.252 e. The van der Waals surface area contributed by atoms with Gasteiger partial charge in [-0.3, -0.25) is 5.26 Å². The van der Waals surface area contributed by atoms with E-state index in [4.69, 9.17) is 5.26 Å². The van der Waals surface area contributed by atoms with E-state index in [0.717, 1.165) is 12.3 Å². The molecule has 0 saturated heterocycles. The van der Waals surface area contributed by atoms with Crippen LogP contribution in [0.2, 0.25) is 0 Å². The maximum absolute atomic E-state index is 8.10. The normalized spacial score (nSPS) is 21.3. The largest absolute Gasteiger partial charge is 0.252 e. The quantitative estimate of drug-likeness (QED) is 0.487. The van der Waals surface area contributed by atoms with Crippen molar-refractivity contribution in [3.63, 3.8) is 0 Å². The molecule has 60 valence electrons. The van der Waals surface area contributed by atoms with Crippen LogP contribution < -0.4 is 0 Å². The van der Waals surface area contributed by atoms with Crippen LogP contribution in [0.15, 0.2) is 0 Å². The molecular formula is C8H16O2. The molecule has 0 aromatic rings. The minimum atomic E-state index is 0.519. The van der Waals surface area contributed by atoms with Gasteiger partial charge in [0.1, 0.15) is 0 Å². The fourth-order valence-electron chi connectivity index (χ4n) is 1.70. The first-order valence-corrected chi connectivity index (χ1v) is 4.20. The molecule has 10 heavy (non-hydrogen) atoms. The highest BCUT2D eigenvalue weighted by Crippen LogP contribution is 2.25. The SMILES string of the molecule is OOCCC1CCCCC1. The third kappa shape index (κ3) is 2.67. The van der Waals surface area contributed by atoms with Gasteiger partial charge in [-0.2, -0.15) is 0 Å². The standard InChI is InChI=1S/C8H16O2/c9-10-7-6-8-4-2-1-3-5-8/h8-9H,1-7H2. The Labute approximate surface area is 62.1 Å². The van der Waals surface area contributed by atoms with Crippen molar-refractivity contribution in [2.75, 3.05) is 6.61 Å². The van der Waals surface area contributed by atoms with Crippen LogP contribution in [0.25, 0.3) is 0 Å². The van der Waals surface area contributed by atoms with Crippen molar-refractivity contribution in [2.24, 2.45) is 5.92 Å². The average molecular weight is 144 g/mol. The molecule has 0 amide bonds. The van der Waals surface area contributed by atoms with Gasteiger partial charge in [0.2, 0.25) is 0 Å². The highest BCUT2D eigenvalue weighted by Gasteiger charge is 2.12. The summed E-state index contributed by atoms with van der Waals surface area (Å²) in [5, 5.41) is 8.10. The molecule has 1 N–H and O–H groups in total. The molecule has 2 heteroatoms. The van der Waals surface area contributed by atoms with Crippen LogP contribution in [-0.4, -0.2) is 11.9 Å². The van der Waals surface area contributed by atoms with Crippen LogP contribution in [0.1, 0.15) is 38.5 Å². The van der Waals surface area contributed by atoms with Gasteiger partial charge in [0.05, 0.1) is 6.61 Å². The summed E-state index contributed by atoms with van der Waals surface area (Å²) in [6.07, 6.45) is 7.85. The molecule has 0 unspecified atom stereocenters. The summed E-state index contributed by atoms with van der Waals surface area (Å²) < 4.78 is 0. The number of rotatable bonds is 3. The Morgan fingerprint density at radius 3 is 2.50 bits per heavy atom. The lowest BCUT2D eigenvalue weighted by molar-refractivity contribution is -0.244. The van der Waals surface area contributed by atoms with E-state index in [1.54, 1.807) is 0 Å². The van der Waals surface area contributed by atoms with Crippen molar-refractivity contribution in [1.82, 2.24) is 0 Å². The second-order valence-electron chi connectivity index (χ2n) is 3.13. The zero-order chi connectivity index (χ0) is 7.23. The van der Waals surface area contributed by atoms with Gasteiger partial charge in [-0.15, -0.1) is 0 Å². The van der Waals surface area contributed by atoms with E-state index >= 15 is 0 Å². The Bertz CT molecular complexity index is 77.3. The van der Waals surface area contributed by atoms with Gasteiger partial charge >= 0.3 is 0 Å². The van der Waals surface area contributed by atoms with E-state index in [-0.39, 0.29) is 0 Å². The van der Waals surface area contributed by atoms with E-state index in [1.807, 2.05) is 0 Å². The summed E-state index contributed by atoms with van der Waals surface area (Å²) >= 11 is 0. The average Bonchev–Trinajstić information content (AvgIpc) is 2.03. The first-order chi connectivity index (χ1) is 4.93. The summed E-state index contributed by atoms with van der Waals surface area (Å²) in [6, 6.07) is 0. The topological polar surface area (TPSA) is 29.5 Å². The molecule has 0 aromatic carbocycles. The molecule has 1 rings (SSSR count). The lowest BCUT2D eigenvalue weighted by Gasteiger charge is -2.20. The molecule has 1 aliphatic carbocycles. The molecule has 0 bridgehead atoms. The predicted octanol–water partition coefficient (Wildman–Crippen LogP) is 2.45. The van der Waals surface area contributed by atoms with Crippen LogP contribution in [0.4, 0.5) is 0 Å². The first kappa shape index (κ1) is 8.02. The van der Waals surface area contributed by atoms with Gasteiger partial charge in [-0.25, -0.2) is 4.89 Å². The van der Waals surface area contributed by atoms with Crippen LogP contribution in [0, 0.1) is 5.92 Å². The van der Waals surface area contributed by atoms with E-state index in [0.29, 0.717) is 6.61 Å². The monoisotopic (exact) mass is 144 g/mol. The third-order valence-electron chi connectivity index (χ3n) is 2.34.